The molecule has 9 heteroatoms. The second kappa shape index (κ2) is 4.21. The maximum Gasteiger partial charge on any atom is 0.296 e. The molecule has 2 aromatic heterocycles. The van der Waals surface area contributed by atoms with Gasteiger partial charge in [-0.25, -0.2) is 8.42 Å². The molecule has 0 aromatic carbocycles. The fourth-order valence-corrected chi connectivity index (χ4v) is 2.46. The van der Waals surface area contributed by atoms with E-state index in [0.717, 1.165) is 4.57 Å². The summed E-state index contributed by atoms with van der Waals surface area (Å²) in [6, 6.07) is 1.39. The normalized spacial score (nSPS) is 11.7. The zero-order chi connectivity index (χ0) is 13.5. The van der Waals surface area contributed by atoms with Crippen LogP contribution in [0.15, 0.2) is 22.2 Å². The molecule has 0 aliphatic heterocycles. The second-order valence-electron chi connectivity index (χ2n) is 3.70. The third kappa shape index (κ3) is 2.16. The Labute approximate surface area is 107 Å². The number of nitrogens with zero attached hydrogens (tertiary/aromatic N) is 3. The number of pyridine rings is 1. The van der Waals surface area contributed by atoms with E-state index in [9.17, 15) is 13.2 Å². The van der Waals surface area contributed by atoms with Gasteiger partial charge < -0.3 is 4.98 Å². The van der Waals surface area contributed by atoms with Crippen LogP contribution < -0.4 is 5.43 Å². The summed E-state index contributed by atoms with van der Waals surface area (Å²) in [7, 11) is 2.62. The molecular formula is C9H9ClN4O3S. The number of H-pyrrole nitrogens is 1. The topological polar surface area (TPSA) is 97.7 Å². The number of halogens is 1. The Kier molecular flexibility index (Phi) is 2.99. The fourth-order valence-electron chi connectivity index (χ4n) is 1.51. The van der Waals surface area contributed by atoms with E-state index in [1.807, 2.05) is 0 Å². The van der Waals surface area contributed by atoms with Crippen molar-refractivity contribution in [3.05, 3.63) is 28.2 Å². The van der Waals surface area contributed by atoms with Crippen molar-refractivity contribution in [3.8, 4) is 11.4 Å². The lowest BCUT2D eigenvalue weighted by Gasteiger charge is -2.01. The van der Waals surface area contributed by atoms with Crippen LogP contribution in [0.1, 0.15) is 5.69 Å². The zero-order valence-corrected chi connectivity index (χ0v) is 11.1. The molecule has 0 saturated carbocycles. The summed E-state index contributed by atoms with van der Waals surface area (Å²) < 4.78 is 23.5. The average molecular weight is 289 g/mol. The molecule has 2 aromatic rings. The molecule has 0 fully saturated rings. The van der Waals surface area contributed by atoms with Gasteiger partial charge in [-0.1, -0.05) is 0 Å². The molecule has 96 valence electrons. The highest BCUT2D eigenvalue weighted by atomic mass is 35.7. The Hall–Kier alpha value is -1.67. The Bertz CT molecular complexity index is 762. The molecule has 0 saturated heterocycles. The van der Waals surface area contributed by atoms with Gasteiger partial charge in [0, 0.05) is 35.7 Å². The smallest absolute Gasteiger partial charge is 0.296 e. The second-order valence-corrected chi connectivity index (χ2v) is 6.16. The zero-order valence-electron chi connectivity index (χ0n) is 9.51. The van der Waals surface area contributed by atoms with Gasteiger partial charge in [0.2, 0.25) is 0 Å². The third-order valence-corrected chi connectivity index (χ3v) is 3.56. The summed E-state index contributed by atoms with van der Waals surface area (Å²) in [5, 5.41) is 6.74. The molecule has 18 heavy (non-hydrogen) atoms. The first-order chi connectivity index (χ1) is 8.30. The molecule has 2 heterocycles. The standard InChI is InChI=1S/C9H9ClN4O3S/c1-5-3-7(15)6(4-11-5)8-12-13-9(14(8)2)18(10,16)17/h3-4H,1-2H3,(H,11,15). The molecule has 0 radical (unpaired) electrons. The van der Waals surface area contributed by atoms with Crippen LogP contribution in [0, 0.1) is 6.92 Å². The van der Waals surface area contributed by atoms with E-state index in [2.05, 4.69) is 15.2 Å². The van der Waals surface area contributed by atoms with Gasteiger partial charge in [0.15, 0.2) is 11.3 Å². The number of aryl methyl sites for hydroxylation is 1. The SMILES string of the molecule is Cc1cc(=O)c(-c2nnc(S(=O)(=O)Cl)n2C)c[nH]1. The first-order valence-electron chi connectivity index (χ1n) is 4.84. The van der Waals surface area contributed by atoms with Gasteiger partial charge >= 0.3 is 0 Å². The quantitative estimate of drug-likeness (QED) is 0.807. The lowest BCUT2D eigenvalue weighted by atomic mass is 10.2. The van der Waals surface area contributed by atoms with Crippen molar-refractivity contribution in [1.82, 2.24) is 19.7 Å². The number of hydrogen-bond acceptors (Lipinski definition) is 5. The Morgan fingerprint density at radius 2 is 2.06 bits per heavy atom. The lowest BCUT2D eigenvalue weighted by molar-refractivity contribution is 0.593. The molecule has 0 spiro atoms. The Morgan fingerprint density at radius 1 is 1.39 bits per heavy atom. The van der Waals surface area contributed by atoms with E-state index in [1.54, 1.807) is 6.92 Å². The Morgan fingerprint density at radius 3 is 2.56 bits per heavy atom. The van der Waals surface area contributed by atoms with Gasteiger partial charge in [-0.3, -0.25) is 9.36 Å². The number of aromatic amines is 1. The number of aromatic nitrogens is 4. The molecule has 0 amide bonds. The van der Waals surface area contributed by atoms with Gasteiger partial charge in [-0.15, -0.1) is 10.2 Å². The predicted molar refractivity (Wildman–Crippen MR) is 64.8 cm³/mol. The van der Waals surface area contributed by atoms with Gasteiger partial charge in [-0.05, 0) is 6.92 Å². The molecule has 0 bridgehead atoms. The minimum absolute atomic E-state index is 0.135. The van der Waals surface area contributed by atoms with E-state index in [1.165, 1.54) is 19.3 Å². The lowest BCUT2D eigenvalue weighted by Crippen LogP contribution is -2.09. The number of hydrogen-bond donors (Lipinski definition) is 1. The molecule has 1 N–H and O–H groups in total. The molecule has 0 aliphatic carbocycles. The number of nitrogens with one attached hydrogen (secondary N) is 1. The van der Waals surface area contributed by atoms with Crippen molar-refractivity contribution in [1.29, 1.82) is 0 Å². The van der Waals surface area contributed by atoms with Crippen LogP contribution in [-0.4, -0.2) is 28.2 Å². The summed E-state index contributed by atoms with van der Waals surface area (Å²) in [6.45, 7) is 1.73. The van der Waals surface area contributed by atoms with Gasteiger partial charge in [0.05, 0.1) is 5.56 Å². The Balaban J connectivity index is 2.67. The highest BCUT2D eigenvalue weighted by Gasteiger charge is 2.22. The largest absolute Gasteiger partial charge is 0.364 e. The minimum atomic E-state index is -3.99. The highest BCUT2D eigenvalue weighted by Crippen LogP contribution is 2.17. The van der Waals surface area contributed by atoms with Crippen molar-refractivity contribution in [2.75, 3.05) is 0 Å². The minimum Gasteiger partial charge on any atom is -0.364 e. The van der Waals surface area contributed by atoms with Crippen LogP contribution in [-0.2, 0) is 16.1 Å². The van der Waals surface area contributed by atoms with E-state index in [4.69, 9.17) is 10.7 Å². The summed E-state index contributed by atoms with van der Waals surface area (Å²) in [6.07, 6.45) is 1.45. The van der Waals surface area contributed by atoms with Crippen LogP contribution in [0.2, 0.25) is 0 Å². The van der Waals surface area contributed by atoms with Gasteiger partial charge in [0.1, 0.15) is 0 Å². The maximum atomic E-state index is 11.8. The summed E-state index contributed by atoms with van der Waals surface area (Å²) in [5.74, 6) is 0.135. The molecular weight excluding hydrogens is 280 g/mol. The summed E-state index contributed by atoms with van der Waals surface area (Å²) >= 11 is 0. The van der Waals surface area contributed by atoms with Gasteiger partial charge in [-0.2, -0.15) is 0 Å². The van der Waals surface area contributed by atoms with Crippen LogP contribution in [0.25, 0.3) is 11.4 Å². The van der Waals surface area contributed by atoms with Gasteiger partial charge in [0.25, 0.3) is 14.2 Å². The fraction of sp³-hybridized carbons (Fsp3) is 0.222. The molecule has 7 nitrogen and oxygen atoms in total. The van der Waals surface area contributed by atoms with Crippen LogP contribution in [0.5, 0.6) is 0 Å². The van der Waals surface area contributed by atoms with Crippen LogP contribution in [0.3, 0.4) is 0 Å². The molecule has 0 unspecified atom stereocenters. The third-order valence-electron chi connectivity index (χ3n) is 2.35. The first kappa shape index (κ1) is 12.8. The summed E-state index contributed by atoms with van der Waals surface area (Å²) in [5.41, 5.74) is 0.638. The molecule has 2 rings (SSSR count). The maximum absolute atomic E-state index is 11.8. The van der Waals surface area contributed by atoms with Crippen molar-refractivity contribution in [2.45, 2.75) is 12.1 Å². The van der Waals surface area contributed by atoms with E-state index in [-0.39, 0.29) is 16.8 Å². The van der Waals surface area contributed by atoms with Crippen molar-refractivity contribution in [2.24, 2.45) is 7.05 Å². The predicted octanol–water partition coefficient (Wildman–Crippen LogP) is 0.406. The average Bonchev–Trinajstić information content (AvgIpc) is 2.60. The molecule has 0 aliphatic rings. The van der Waals surface area contributed by atoms with Crippen molar-refractivity contribution >= 4 is 19.7 Å². The molecule has 0 atom stereocenters. The van der Waals surface area contributed by atoms with Crippen molar-refractivity contribution < 1.29 is 8.42 Å². The monoisotopic (exact) mass is 288 g/mol. The van der Waals surface area contributed by atoms with E-state index in [0.29, 0.717) is 5.69 Å². The van der Waals surface area contributed by atoms with Crippen LogP contribution in [0.4, 0.5) is 0 Å². The summed E-state index contributed by atoms with van der Waals surface area (Å²) in [4.78, 5) is 14.6. The van der Waals surface area contributed by atoms with E-state index >= 15 is 0 Å². The highest BCUT2D eigenvalue weighted by molar-refractivity contribution is 8.13. The first-order valence-corrected chi connectivity index (χ1v) is 7.15. The van der Waals surface area contributed by atoms with E-state index < -0.39 is 14.2 Å². The van der Waals surface area contributed by atoms with Crippen LogP contribution >= 0.6 is 10.7 Å². The number of rotatable bonds is 2. The van der Waals surface area contributed by atoms with Crippen molar-refractivity contribution in [3.63, 3.8) is 0 Å².